The van der Waals surface area contributed by atoms with Gasteiger partial charge in [-0.25, -0.2) is 0 Å². The average molecular weight is 244 g/mol. The average Bonchev–Trinajstić information content (AvgIpc) is 2.34. The van der Waals surface area contributed by atoms with Gasteiger partial charge in [0.2, 0.25) is 0 Å². The molecule has 0 saturated carbocycles. The minimum Gasteiger partial charge on any atom is -0.395 e. The lowest BCUT2D eigenvalue weighted by Gasteiger charge is -2.33. The Labute approximate surface area is 105 Å². The Morgan fingerprint density at radius 3 is 2.82 bits per heavy atom. The predicted octanol–water partition coefficient (Wildman–Crippen LogP) is 0.846. The molecule has 0 bridgehead atoms. The van der Waals surface area contributed by atoms with Gasteiger partial charge in [0.15, 0.2) is 0 Å². The lowest BCUT2D eigenvalue weighted by atomic mass is 10.1. The van der Waals surface area contributed by atoms with E-state index in [2.05, 4.69) is 31.0 Å². The highest BCUT2D eigenvalue weighted by Crippen LogP contribution is 2.09. The molecule has 102 valence electrons. The molecule has 1 saturated heterocycles. The SMILES string of the molecule is CCC1CN(CCC(CO)NC(C)C)CCO1. The van der Waals surface area contributed by atoms with Crippen molar-refractivity contribution >= 4 is 0 Å². The number of ether oxygens (including phenoxy) is 1. The van der Waals surface area contributed by atoms with Crippen molar-refractivity contribution in [1.82, 2.24) is 10.2 Å². The van der Waals surface area contributed by atoms with Gasteiger partial charge in [-0.2, -0.15) is 0 Å². The molecule has 0 radical (unpaired) electrons. The smallest absolute Gasteiger partial charge is 0.0700 e. The molecule has 1 aliphatic heterocycles. The second-order valence-electron chi connectivity index (χ2n) is 5.19. The minimum absolute atomic E-state index is 0.220. The van der Waals surface area contributed by atoms with Gasteiger partial charge in [-0.15, -0.1) is 0 Å². The third-order valence-corrected chi connectivity index (χ3v) is 3.26. The molecule has 0 aromatic carbocycles. The van der Waals surface area contributed by atoms with Crippen LogP contribution < -0.4 is 5.32 Å². The molecule has 0 amide bonds. The highest BCUT2D eigenvalue weighted by molar-refractivity contribution is 4.74. The molecule has 1 rings (SSSR count). The fourth-order valence-corrected chi connectivity index (χ4v) is 2.27. The number of nitrogens with one attached hydrogen (secondary N) is 1. The molecule has 0 aromatic heterocycles. The van der Waals surface area contributed by atoms with Crippen LogP contribution in [0.5, 0.6) is 0 Å². The first-order valence-corrected chi connectivity index (χ1v) is 6.86. The molecular weight excluding hydrogens is 216 g/mol. The predicted molar refractivity (Wildman–Crippen MR) is 70.2 cm³/mol. The van der Waals surface area contributed by atoms with E-state index in [1.165, 1.54) is 0 Å². The summed E-state index contributed by atoms with van der Waals surface area (Å²) < 4.78 is 5.65. The van der Waals surface area contributed by atoms with E-state index < -0.39 is 0 Å². The summed E-state index contributed by atoms with van der Waals surface area (Å²) in [7, 11) is 0. The van der Waals surface area contributed by atoms with Crippen LogP contribution in [0.1, 0.15) is 33.6 Å². The van der Waals surface area contributed by atoms with Gasteiger partial charge >= 0.3 is 0 Å². The normalized spacial score (nSPS) is 24.2. The summed E-state index contributed by atoms with van der Waals surface area (Å²) >= 11 is 0. The standard InChI is InChI=1S/C13H28N2O2/c1-4-13-9-15(7-8-17-13)6-5-12(10-16)14-11(2)3/h11-14,16H,4-10H2,1-3H3. The van der Waals surface area contributed by atoms with Gasteiger partial charge in [0.05, 0.1) is 19.3 Å². The quantitative estimate of drug-likeness (QED) is 0.697. The Hall–Kier alpha value is -0.160. The molecule has 2 atom stereocenters. The van der Waals surface area contributed by atoms with E-state index in [1.54, 1.807) is 0 Å². The van der Waals surface area contributed by atoms with Crippen molar-refractivity contribution in [3.05, 3.63) is 0 Å². The first kappa shape index (κ1) is 14.9. The lowest BCUT2D eigenvalue weighted by molar-refractivity contribution is -0.0309. The Kier molecular flexibility index (Phi) is 7.04. The number of morpholine rings is 1. The first-order valence-electron chi connectivity index (χ1n) is 6.86. The summed E-state index contributed by atoms with van der Waals surface area (Å²) in [4.78, 5) is 2.45. The first-order chi connectivity index (χ1) is 8.15. The highest BCUT2D eigenvalue weighted by atomic mass is 16.5. The van der Waals surface area contributed by atoms with Gasteiger partial charge in [-0.3, -0.25) is 4.90 Å². The van der Waals surface area contributed by atoms with E-state index in [4.69, 9.17) is 4.74 Å². The van der Waals surface area contributed by atoms with Crippen molar-refractivity contribution in [2.45, 2.75) is 51.8 Å². The van der Waals surface area contributed by atoms with Crippen LogP contribution in [-0.2, 0) is 4.74 Å². The van der Waals surface area contributed by atoms with Crippen molar-refractivity contribution in [2.24, 2.45) is 0 Å². The van der Waals surface area contributed by atoms with Gasteiger partial charge in [0.25, 0.3) is 0 Å². The number of nitrogens with zero attached hydrogens (tertiary/aromatic N) is 1. The number of aliphatic hydroxyl groups excluding tert-OH is 1. The topological polar surface area (TPSA) is 44.7 Å². The second kappa shape index (κ2) is 8.03. The van der Waals surface area contributed by atoms with Crippen molar-refractivity contribution in [2.75, 3.05) is 32.8 Å². The van der Waals surface area contributed by atoms with Crippen molar-refractivity contribution in [3.8, 4) is 0 Å². The number of hydrogen-bond donors (Lipinski definition) is 2. The molecule has 4 heteroatoms. The molecule has 0 aromatic rings. The maximum Gasteiger partial charge on any atom is 0.0700 e. The molecule has 17 heavy (non-hydrogen) atoms. The summed E-state index contributed by atoms with van der Waals surface area (Å²) in [6.45, 7) is 10.6. The van der Waals surface area contributed by atoms with E-state index >= 15 is 0 Å². The monoisotopic (exact) mass is 244 g/mol. The summed E-state index contributed by atoms with van der Waals surface area (Å²) in [6.07, 6.45) is 2.49. The Balaban J connectivity index is 2.23. The van der Waals surface area contributed by atoms with Crippen LogP contribution >= 0.6 is 0 Å². The number of hydrogen-bond acceptors (Lipinski definition) is 4. The van der Waals surface area contributed by atoms with Crippen molar-refractivity contribution < 1.29 is 9.84 Å². The maximum absolute atomic E-state index is 9.30. The fraction of sp³-hybridized carbons (Fsp3) is 1.00. The highest BCUT2D eigenvalue weighted by Gasteiger charge is 2.19. The molecule has 1 aliphatic rings. The van der Waals surface area contributed by atoms with E-state index in [-0.39, 0.29) is 12.6 Å². The van der Waals surface area contributed by atoms with Crippen LogP contribution in [0.25, 0.3) is 0 Å². The Morgan fingerprint density at radius 2 is 2.24 bits per heavy atom. The zero-order valence-electron chi connectivity index (χ0n) is 11.5. The van der Waals surface area contributed by atoms with Gasteiger partial charge in [0, 0.05) is 25.2 Å². The van der Waals surface area contributed by atoms with Crippen molar-refractivity contribution in [3.63, 3.8) is 0 Å². The lowest BCUT2D eigenvalue weighted by Crippen LogP contribution is -2.45. The molecule has 0 aliphatic carbocycles. The maximum atomic E-state index is 9.30. The molecule has 2 unspecified atom stereocenters. The summed E-state index contributed by atoms with van der Waals surface area (Å²) in [5.41, 5.74) is 0. The number of aliphatic hydroxyl groups is 1. The Morgan fingerprint density at radius 1 is 1.47 bits per heavy atom. The summed E-state index contributed by atoms with van der Waals surface area (Å²) in [5, 5.41) is 12.7. The largest absolute Gasteiger partial charge is 0.395 e. The molecule has 4 nitrogen and oxygen atoms in total. The molecule has 1 fully saturated rings. The fourth-order valence-electron chi connectivity index (χ4n) is 2.27. The van der Waals surface area contributed by atoms with Crippen LogP contribution in [0, 0.1) is 0 Å². The molecular formula is C13H28N2O2. The van der Waals surface area contributed by atoms with Crippen LogP contribution in [0.15, 0.2) is 0 Å². The molecule has 1 heterocycles. The van der Waals surface area contributed by atoms with Crippen LogP contribution in [0.3, 0.4) is 0 Å². The third-order valence-electron chi connectivity index (χ3n) is 3.26. The Bertz CT molecular complexity index is 200. The van der Waals surface area contributed by atoms with Gasteiger partial charge in [-0.1, -0.05) is 20.8 Å². The van der Waals surface area contributed by atoms with E-state index in [1.807, 2.05) is 0 Å². The molecule has 0 spiro atoms. The van der Waals surface area contributed by atoms with Crippen LogP contribution in [-0.4, -0.2) is 61.0 Å². The van der Waals surface area contributed by atoms with E-state index in [0.29, 0.717) is 12.1 Å². The van der Waals surface area contributed by atoms with Gasteiger partial charge in [0.1, 0.15) is 0 Å². The molecule has 2 N–H and O–H groups in total. The van der Waals surface area contributed by atoms with Gasteiger partial charge < -0.3 is 15.2 Å². The van der Waals surface area contributed by atoms with Gasteiger partial charge in [-0.05, 0) is 19.4 Å². The second-order valence-corrected chi connectivity index (χ2v) is 5.19. The zero-order valence-corrected chi connectivity index (χ0v) is 11.5. The van der Waals surface area contributed by atoms with Crippen molar-refractivity contribution in [1.29, 1.82) is 0 Å². The van der Waals surface area contributed by atoms with E-state index in [0.717, 1.165) is 39.1 Å². The minimum atomic E-state index is 0.220. The summed E-state index contributed by atoms with van der Waals surface area (Å²) in [6, 6.07) is 0.651. The zero-order chi connectivity index (χ0) is 12.7. The summed E-state index contributed by atoms with van der Waals surface area (Å²) in [5.74, 6) is 0. The van der Waals surface area contributed by atoms with E-state index in [9.17, 15) is 5.11 Å². The third kappa shape index (κ3) is 5.82. The van der Waals surface area contributed by atoms with Crippen LogP contribution in [0.2, 0.25) is 0 Å². The number of rotatable bonds is 7. The van der Waals surface area contributed by atoms with Crippen LogP contribution in [0.4, 0.5) is 0 Å².